The molecule has 3 aromatic rings. The maximum absolute atomic E-state index is 12.6. The molecule has 1 aliphatic heterocycles. The summed E-state index contributed by atoms with van der Waals surface area (Å²) in [6, 6.07) is 11.4. The summed E-state index contributed by atoms with van der Waals surface area (Å²) in [5.74, 6) is 1.35. The van der Waals surface area contributed by atoms with E-state index in [1.165, 1.54) is 0 Å². The average molecular weight is 339 g/mol. The van der Waals surface area contributed by atoms with Gasteiger partial charge in [0.05, 0.1) is 5.92 Å². The van der Waals surface area contributed by atoms with Gasteiger partial charge >= 0.3 is 0 Å². The minimum Gasteiger partial charge on any atom is -0.420 e. The molecule has 1 fully saturated rings. The molecule has 1 saturated heterocycles. The van der Waals surface area contributed by atoms with Crippen LogP contribution in [0.25, 0.3) is 11.5 Å². The third kappa shape index (κ3) is 2.97. The number of nitrogens with zero attached hydrogens (tertiary/aromatic N) is 3. The van der Waals surface area contributed by atoms with Crippen LogP contribution in [0.1, 0.15) is 35.0 Å². The van der Waals surface area contributed by atoms with E-state index in [9.17, 15) is 4.79 Å². The van der Waals surface area contributed by atoms with E-state index in [0.717, 1.165) is 30.5 Å². The van der Waals surface area contributed by atoms with Crippen molar-refractivity contribution in [2.75, 3.05) is 13.1 Å². The molecule has 1 aliphatic rings. The number of aromatic nitrogens is 2. The lowest BCUT2D eigenvalue weighted by Crippen LogP contribution is -2.39. The van der Waals surface area contributed by atoms with E-state index in [1.807, 2.05) is 52.1 Å². The van der Waals surface area contributed by atoms with Crippen molar-refractivity contribution in [3.63, 3.8) is 0 Å². The van der Waals surface area contributed by atoms with Gasteiger partial charge in [-0.3, -0.25) is 4.79 Å². The van der Waals surface area contributed by atoms with Crippen LogP contribution < -0.4 is 0 Å². The second kappa shape index (κ2) is 6.57. The summed E-state index contributed by atoms with van der Waals surface area (Å²) in [6.45, 7) is 1.40. The highest BCUT2D eigenvalue weighted by molar-refractivity contribution is 7.08. The third-order valence-corrected chi connectivity index (χ3v) is 4.97. The van der Waals surface area contributed by atoms with Crippen LogP contribution in [0.2, 0.25) is 0 Å². The molecule has 122 valence electrons. The lowest BCUT2D eigenvalue weighted by molar-refractivity contribution is 0.0698. The smallest absolute Gasteiger partial charge is 0.253 e. The molecule has 0 radical (unpaired) electrons. The second-order valence-corrected chi connectivity index (χ2v) is 6.69. The van der Waals surface area contributed by atoms with Crippen molar-refractivity contribution < 1.29 is 9.21 Å². The Morgan fingerprint density at radius 2 is 2.08 bits per heavy atom. The average Bonchev–Trinajstić information content (AvgIpc) is 3.33. The minimum atomic E-state index is 0.0675. The first-order valence-electron chi connectivity index (χ1n) is 8.01. The van der Waals surface area contributed by atoms with Gasteiger partial charge in [-0.1, -0.05) is 18.2 Å². The molecule has 24 heavy (non-hydrogen) atoms. The largest absolute Gasteiger partial charge is 0.420 e. The van der Waals surface area contributed by atoms with Crippen LogP contribution in [0, 0.1) is 0 Å². The maximum Gasteiger partial charge on any atom is 0.253 e. The molecule has 6 heteroatoms. The Morgan fingerprint density at radius 1 is 1.21 bits per heavy atom. The number of likely N-dealkylation sites (tertiary alicyclic amines) is 1. The second-order valence-electron chi connectivity index (χ2n) is 5.91. The van der Waals surface area contributed by atoms with E-state index in [1.54, 1.807) is 11.3 Å². The molecule has 3 heterocycles. The van der Waals surface area contributed by atoms with Gasteiger partial charge in [0.25, 0.3) is 5.91 Å². The lowest BCUT2D eigenvalue weighted by Gasteiger charge is -2.31. The van der Waals surface area contributed by atoms with Crippen molar-refractivity contribution >= 4 is 17.2 Å². The fourth-order valence-electron chi connectivity index (χ4n) is 3.03. The van der Waals surface area contributed by atoms with Gasteiger partial charge in [-0.15, -0.1) is 10.2 Å². The van der Waals surface area contributed by atoms with E-state index >= 15 is 0 Å². The Balaban J connectivity index is 1.50. The molecule has 0 saturated carbocycles. The molecule has 0 aliphatic carbocycles. The van der Waals surface area contributed by atoms with Gasteiger partial charge in [0.15, 0.2) is 0 Å². The van der Waals surface area contributed by atoms with Crippen LogP contribution in [0.15, 0.2) is 51.6 Å². The Kier molecular flexibility index (Phi) is 4.13. The zero-order valence-electron chi connectivity index (χ0n) is 13.1. The molecule has 1 unspecified atom stereocenters. The molecular weight excluding hydrogens is 322 g/mol. The fraction of sp³-hybridized carbons (Fsp3) is 0.278. The number of amides is 1. The Bertz CT molecular complexity index is 814. The van der Waals surface area contributed by atoms with E-state index in [0.29, 0.717) is 18.3 Å². The molecule has 0 bridgehead atoms. The molecule has 1 amide bonds. The topological polar surface area (TPSA) is 59.2 Å². The van der Waals surface area contributed by atoms with Gasteiger partial charge < -0.3 is 9.32 Å². The summed E-state index contributed by atoms with van der Waals surface area (Å²) < 4.78 is 5.85. The lowest BCUT2D eigenvalue weighted by atomic mass is 9.97. The highest BCUT2D eigenvalue weighted by Crippen LogP contribution is 2.29. The molecule has 0 N–H and O–H groups in total. The first-order chi connectivity index (χ1) is 11.8. The van der Waals surface area contributed by atoms with Crippen LogP contribution in [0.3, 0.4) is 0 Å². The SMILES string of the molecule is O=C(c1ccccc1)N1CCCC(c2nnc(-c3ccsc3)o2)C1. The zero-order chi connectivity index (χ0) is 16.4. The molecule has 2 aromatic heterocycles. The fourth-order valence-corrected chi connectivity index (χ4v) is 3.66. The number of hydrogen-bond donors (Lipinski definition) is 0. The van der Waals surface area contributed by atoms with Gasteiger partial charge in [0.1, 0.15) is 0 Å². The highest BCUT2D eigenvalue weighted by Gasteiger charge is 2.29. The quantitative estimate of drug-likeness (QED) is 0.728. The molecule has 4 rings (SSSR count). The maximum atomic E-state index is 12.6. The molecular formula is C18H17N3O2S. The number of benzene rings is 1. The molecule has 1 atom stereocenters. The molecule has 1 aromatic carbocycles. The molecule has 5 nitrogen and oxygen atoms in total. The summed E-state index contributed by atoms with van der Waals surface area (Å²) >= 11 is 1.60. The van der Waals surface area contributed by atoms with Crippen molar-refractivity contribution in [2.24, 2.45) is 0 Å². The van der Waals surface area contributed by atoms with Crippen molar-refractivity contribution in [1.82, 2.24) is 15.1 Å². The number of rotatable bonds is 3. The van der Waals surface area contributed by atoms with Gasteiger partial charge in [0, 0.05) is 29.6 Å². The van der Waals surface area contributed by atoms with Crippen LogP contribution in [0.5, 0.6) is 0 Å². The van der Waals surface area contributed by atoms with E-state index < -0.39 is 0 Å². The Morgan fingerprint density at radius 3 is 2.88 bits per heavy atom. The minimum absolute atomic E-state index is 0.0675. The number of carbonyl (C=O) groups is 1. The van der Waals surface area contributed by atoms with Gasteiger partial charge in [0.2, 0.25) is 11.8 Å². The third-order valence-electron chi connectivity index (χ3n) is 4.29. The first kappa shape index (κ1) is 15.1. The predicted octanol–water partition coefficient (Wildman–Crippen LogP) is 3.82. The Labute approximate surface area is 143 Å². The number of carbonyl (C=O) groups excluding carboxylic acids is 1. The van der Waals surface area contributed by atoms with E-state index in [-0.39, 0.29) is 11.8 Å². The first-order valence-corrected chi connectivity index (χ1v) is 8.96. The van der Waals surface area contributed by atoms with Gasteiger partial charge in [-0.05, 0) is 36.4 Å². The van der Waals surface area contributed by atoms with Crippen molar-refractivity contribution in [3.05, 3.63) is 58.6 Å². The van der Waals surface area contributed by atoms with Gasteiger partial charge in [-0.25, -0.2) is 0 Å². The number of piperidine rings is 1. The monoisotopic (exact) mass is 339 g/mol. The summed E-state index contributed by atoms with van der Waals surface area (Å²) in [6.07, 6.45) is 1.91. The number of thiophene rings is 1. The van der Waals surface area contributed by atoms with Crippen LogP contribution in [-0.4, -0.2) is 34.1 Å². The predicted molar refractivity (Wildman–Crippen MR) is 91.9 cm³/mol. The number of hydrogen-bond acceptors (Lipinski definition) is 5. The standard InChI is InChI=1S/C18H17N3O2S/c22-18(13-5-2-1-3-6-13)21-9-4-7-14(11-21)16-19-20-17(23-16)15-8-10-24-12-15/h1-3,5-6,8,10,12,14H,4,7,9,11H2. The Hall–Kier alpha value is -2.47. The van der Waals surface area contributed by atoms with E-state index in [4.69, 9.17) is 4.42 Å². The molecule has 0 spiro atoms. The van der Waals surface area contributed by atoms with Crippen LogP contribution >= 0.6 is 11.3 Å². The van der Waals surface area contributed by atoms with Gasteiger partial charge in [-0.2, -0.15) is 11.3 Å². The van der Waals surface area contributed by atoms with Crippen molar-refractivity contribution in [1.29, 1.82) is 0 Å². The normalized spacial score (nSPS) is 17.8. The summed E-state index contributed by atoms with van der Waals surface area (Å²) in [5.41, 5.74) is 1.68. The van der Waals surface area contributed by atoms with Crippen LogP contribution in [0.4, 0.5) is 0 Å². The zero-order valence-corrected chi connectivity index (χ0v) is 13.9. The summed E-state index contributed by atoms with van der Waals surface area (Å²) in [5, 5.41) is 12.3. The van der Waals surface area contributed by atoms with Crippen molar-refractivity contribution in [3.8, 4) is 11.5 Å². The summed E-state index contributed by atoms with van der Waals surface area (Å²) in [4.78, 5) is 14.5. The summed E-state index contributed by atoms with van der Waals surface area (Å²) in [7, 11) is 0. The van der Waals surface area contributed by atoms with E-state index in [2.05, 4.69) is 10.2 Å². The highest BCUT2D eigenvalue weighted by atomic mass is 32.1. The van der Waals surface area contributed by atoms with Crippen molar-refractivity contribution in [2.45, 2.75) is 18.8 Å². The van der Waals surface area contributed by atoms with Crippen LogP contribution in [-0.2, 0) is 0 Å².